The Kier molecular flexibility index (Phi) is 5.22. The maximum atomic E-state index is 13.6. The van der Waals surface area contributed by atoms with Crippen molar-refractivity contribution < 1.29 is 18.3 Å². The van der Waals surface area contributed by atoms with Crippen LogP contribution < -0.4 is 0 Å². The molecule has 1 rings (SSSR count). The third-order valence-corrected chi connectivity index (χ3v) is 2.46. The van der Waals surface area contributed by atoms with Crippen molar-refractivity contribution in [3.05, 3.63) is 34.9 Å². The summed E-state index contributed by atoms with van der Waals surface area (Å²) < 4.78 is 32.0. The van der Waals surface area contributed by atoms with Gasteiger partial charge < -0.3 is 4.74 Å². The first-order valence-electron chi connectivity index (χ1n) is 5.63. The Balaban J connectivity index is 2.72. The van der Waals surface area contributed by atoms with Gasteiger partial charge in [0.25, 0.3) is 0 Å². The van der Waals surface area contributed by atoms with Crippen LogP contribution in [-0.2, 0) is 4.74 Å². The summed E-state index contributed by atoms with van der Waals surface area (Å²) in [4.78, 5) is 11.7. The Hall–Kier alpha value is -1.29. The van der Waals surface area contributed by atoms with Gasteiger partial charge in [-0.05, 0) is 31.9 Å². The fourth-order valence-corrected chi connectivity index (χ4v) is 1.52. The number of hydrogen-bond acceptors (Lipinski definition) is 2. The molecule has 1 aromatic carbocycles. The maximum Gasteiger partial charge on any atom is 0.168 e. The van der Waals surface area contributed by atoms with Gasteiger partial charge in [0.2, 0.25) is 0 Å². The molecule has 0 saturated carbocycles. The molecule has 0 aliphatic heterocycles. The summed E-state index contributed by atoms with van der Waals surface area (Å²) in [5, 5.41) is 0. The number of hydrogen-bond donors (Lipinski definition) is 0. The van der Waals surface area contributed by atoms with Gasteiger partial charge in [-0.2, -0.15) is 0 Å². The Morgan fingerprint density at radius 1 is 1.35 bits per heavy atom. The number of carbonyl (C=O) groups is 1. The van der Waals surface area contributed by atoms with Crippen LogP contribution in [0.2, 0.25) is 0 Å². The molecule has 0 fully saturated rings. The lowest BCUT2D eigenvalue weighted by Crippen LogP contribution is -2.08. The Bertz CT molecular complexity index is 403. The van der Waals surface area contributed by atoms with Gasteiger partial charge in [-0.1, -0.05) is 6.07 Å². The SMILES string of the molecule is CCOCCCC(=O)c1c(F)ccc(C)c1F. The van der Waals surface area contributed by atoms with Crippen molar-refractivity contribution in [2.45, 2.75) is 26.7 Å². The average molecular weight is 242 g/mol. The molecule has 4 heteroatoms. The van der Waals surface area contributed by atoms with Gasteiger partial charge in [0.15, 0.2) is 5.78 Å². The first kappa shape index (κ1) is 13.8. The molecule has 17 heavy (non-hydrogen) atoms. The molecule has 0 aliphatic carbocycles. The summed E-state index contributed by atoms with van der Waals surface area (Å²) in [5.41, 5.74) is -0.152. The molecule has 0 heterocycles. The van der Waals surface area contributed by atoms with E-state index in [0.29, 0.717) is 19.6 Å². The summed E-state index contributed by atoms with van der Waals surface area (Å²) >= 11 is 0. The molecule has 0 N–H and O–H groups in total. The van der Waals surface area contributed by atoms with Crippen molar-refractivity contribution >= 4 is 5.78 Å². The molecule has 0 spiro atoms. The molecule has 2 nitrogen and oxygen atoms in total. The van der Waals surface area contributed by atoms with Crippen LogP contribution in [-0.4, -0.2) is 19.0 Å². The minimum absolute atomic E-state index is 0.0945. The van der Waals surface area contributed by atoms with Crippen LogP contribution in [0.3, 0.4) is 0 Å². The van der Waals surface area contributed by atoms with E-state index in [9.17, 15) is 13.6 Å². The second-order valence-corrected chi connectivity index (χ2v) is 3.78. The van der Waals surface area contributed by atoms with Crippen LogP contribution in [0.15, 0.2) is 12.1 Å². The quantitative estimate of drug-likeness (QED) is 0.565. The summed E-state index contributed by atoms with van der Waals surface area (Å²) in [6, 6.07) is 2.44. The second-order valence-electron chi connectivity index (χ2n) is 3.78. The van der Waals surface area contributed by atoms with Gasteiger partial charge in [0, 0.05) is 19.6 Å². The zero-order chi connectivity index (χ0) is 12.8. The first-order chi connectivity index (χ1) is 8.07. The lowest BCUT2D eigenvalue weighted by molar-refractivity contribution is 0.0939. The minimum atomic E-state index is -0.797. The van der Waals surface area contributed by atoms with Crippen molar-refractivity contribution in [1.82, 2.24) is 0 Å². The van der Waals surface area contributed by atoms with Crippen molar-refractivity contribution in [2.75, 3.05) is 13.2 Å². The van der Waals surface area contributed by atoms with Gasteiger partial charge in [-0.15, -0.1) is 0 Å². The smallest absolute Gasteiger partial charge is 0.168 e. The van der Waals surface area contributed by atoms with Crippen LogP contribution in [0.5, 0.6) is 0 Å². The van der Waals surface area contributed by atoms with Crippen molar-refractivity contribution in [3.63, 3.8) is 0 Å². The maximum absolute atomic E-state index is 13.6. The van der Waals surface area contributed by atoms with E-state index in [1.54, 1.807) is 0 Å². The predicted molar refractivity (Wildman–Crippen MR) is 61.2 cm³/mol. The van der Waals surface area contributed by atoms with E-state index < -0.39 is 23.0 Å². The third kappa shape index (κ3) is 3.60. The zero-order valence-corrected chi connectivity index (χ0v) is 10.1. The molecule has 0 aliphatic rings. The zero-order valence-electron chi connectivity index (χ0n) is 10.1. The van der Waals surface area contributed by atoms with Crippen LogP contribution in [0.25, 0.3) is 0 Å². The summed E-state index contributed by atoms with van der Waals surface area (Å²) in [7, 11) is 0. The van der Waals surface area contributed by atoms with E-state index >= 15 is 0 Å². The molecule has 1 aromatic rings. The van der Waals surface area contributed by atoms with E-state index in [2.05, 4.69) is 0 Å². The molecular formula is C13H16F2O2. The van der Waals surface area contributed by atoms with Gasteiger partial charge in [-0.25, -0.2) is 8.78 Å². The predicted octanol–water partition coefficient (Wildman–Crippen LogP) is 3.27. The summed E-state index contributed by atoms with van der Waals surface area (Å²) in [6.07, 6.45) is 0.566. The lowest BCUT2D eigenvalue weighted by Gasteiger charge is -2.06. The number of benzene rings is 1. The van der Waals surface area contributed by atoms with Gasteiger partial charge in [0.1, 0.15) is 11.6 Å². The van der Waals surface area contributed by atoms with Gasteiger partial charge in [-0.3, -0.25) is 4.79 Å². The molecule has 0 amide bonds. The second kappa shape index (κ2) is 6.45. The van der Waals surface area contributed by atoms with Gasteiger partial charge >= 0.3 is 0 Å². The number of halogens is 2. The number of ether oxygens (including phenoxy) is 1. The molecule has 0 bridgehead atoms. The minimum Gasteiger partial charge on any atom is -0.382 e. The Labute approximate surface area is 99.6 Å². The van der Waals surface area contributed by atoms with Crippen molar-refractivity contribution in [1.29, 1.82) is 0 Å². The highest BCUT2D eigenvalue weighted by Gasteiger charge is 2.18. The van der Waals surface area contributed by atoms with Crippen molar-refractivity contribution in [3.8, 4) is 0 Å². The highest BCUT2D eigenvalue weighted by atomic mass is 19.1. The average Bonchev–Trinajstić information content (AvgIpc) is 2.30. The van der Waals surface area contributed by atoms with Crippen LogP contribution in [0.4, 0.5) is 8.78 Å². The van der Waals surface area contributed by atoms with E-state index in [1.165, 1.54) is 13.0 Å². The first-order valence-corrected chi connectivity index (χ1v) is 5.63. The highest BCUT2D eigenvalue weighted by Crippen LogP contribution is 2.18. The van der Waals surface area contributed by atoms with E-state index in [-0.39, 0.29) is 12.0 Å². The number of ketones is 1. The monoisotopic (exact) mass is 242 g/mol. The molecule has 0 saturated heterocycles. The number of Topliss-reactive ketones (excluding diaryl/α,β-unsaturated/α-hetero) is 1. The van der Waals surface area contributed by atoms with Crippen LogP contribution >= 0.6 is 0 Å². The largest absolute Gasteiger partial charge is 0.382 e. The molecular weight excluding hydrogens is 226 g/mol. The Morgan fingerprint density at radius 2 is 2.06 bits per heavy atom. The van der Waals surface area contributed by atoms with E-state index in [4.69, 9.17) is 4.74 Å². The standard InChI is InChI=1S/C13H16F2O2/c1-3-17-8-4-5-11(16)12-10(14)7-6-9(2)13(12)15/h6-7H,3-5,8H2,1-2H3. The van der Waals surface area contributed by atoms with E-state index in [1.807, 2.05) is 6.92 Å². The third-order valence-electron chi connectivity index (χ3n) is 2.46. The molecule has 94 valence electrons. The van der Waals surface area contributed by atoms with Crippen LogP contribution in [0.1, 0.15) is 35.7 Å². The molecule has 0 aromatic heterocycles. The normalized spacial score (nSPS) is 10.6. The fraction of sp³-hybridized carbons (Fsp3) is 0.462. The number of carbonyl (C=O) groups excluding carboxylic acids is 1. The number of rotatable bonds is 6. The fourth-order valence-electron chi connectivity index (χ4n) is 1.52. The van der Waals surface area contributed by atoms with Gasteiger partial charge in [0.05, 0.1) is 5.56 Å². The highest BCUT2D eigenvalue weighted by molar-refractivity contribution is 5.96. The Morgan fingerprint density at radius 3 is 2.71 bits per heavy atom. The lowest BCUT2D eigenvalue weighted by atomic mass is 10.0. The summed E-state index contributed by atoms with van der Waals surface area (Å²) in [5.74, 6) is -2.07. The molecule has 0 atom stereocenters. The van der Waals surface area contributed by atoms with E-state index in [0.717, 1.165) is 6.07 Å². The summed E-state index contributed by atoms with van der Waals surface area (Å²) in [6.45, 7) is 4.35. The number of aryl methyl sites for hydroxylation is 1. The van der Waals surface area contributed by atoms with Crippen LogP contribution in [0, 0.1) is 18.6 Å². The van der Waals surface area contributed by atoms with Crippen molar-refractivity contribution in [2.24, 2.45) is 0 Å². The topological polar surface area (TPSA) is 26.3 Å². The molecule has 0 unspecified atom stereocenters. The molecule has 0 radical (unpaired) electrons.